The molecule has 0 amide bonds. The first kappa shape index (κ1) is 16.8. The molecule has 0 saturated carbocycles. The summed E-state index contributed by atoms with van der Waals surface area (Å²) < 4.78 is 29.4. The van der Waals surface area contributed by atoms with E-state index in [9.17, 15) is 0 Å². The van der Waals surface area contributed by atoms with Gasteiger partial charge in [-0.3, -0.25) is 0 Å². The Morgan fingerprint density at radius 2 is 1.52 bits per heavy atom. The maximum absolute atomic E-state index is 5.89. The van der Waals surface area contributed by atoms with Crippen molar-refractivity contribution >= 4 is 24.7 Å². The molecule has 0 atom stereocenters. The molecule has 5 nitrogen and oxygen atoms in total. The van der Waals surface area contributed by atoms with E-state index in [1.165, 1.54) is 0 Å². The fourth-order valence-electron chi connectivity index (χ4n) is 2.27. The van der Waals surface area contributed by atoms with E-state index in [2.05, 4.69) is 15.9 Å². The molecule has 0 aromatic heterocycles. The molecule has 1 heterocycles. The molecule has 0 radical (unpaired) electrons. The summed E-state index contributed by atoms with van der Waals surface area (Å²) in [7, 11) is -2.73. The van der Waals surface area contributed by atoms with Gasteiger partial charge >= 0.3 is 8.80 Å². The number of benzene rings is 1. The van der Waals surface area contributed by atoms with Crippen molar-refractivity contribution in [3.8, 4) is 11.5 Å². The van der Waals surface area contributed by atoms with Crippen molar-refractivity contribution in [2.75, 3.05) is 26.6 Å². The average Bonchev–Trinajstić information content (AvgIpc) is 2.87. The molecule has 1 aliphatic rings. The number of halogens is 1. The third-order valence-corrected chi connectivity index (χ3v) is 6.78. The average molecular weight is 377 g/mol. The predicted molar refractivity (Wildman–Crippen MR) is 84.6 cm³/mol. The molecule has 0 bridgehead atoms. The minimum absolute atomic E-state index is 0.260. The van der Waals surface area contributed by atoms with E-state index >= 15 is 0 Å². The Labute approximate surface area is 135 Å². The Morgan fingerprint density at radius 1 is 1.00 bits per heavy atom. The van der Waals surface area contributed by atoms with Crippen molar-refractivity contribution in [3.05, 3.63) is 22.2 Å². The second-order valence-electron chi connectivity index (χ2n) is 4.46. The van der Waals surface area contributed by atoms with Crippen LogP contribution in [0.2, 0.25) is 0 Å². The van der Waals surface area contributed by atoms with Crippen molar-refractivity contribution in [2.24, 2.45) is 0 Å². The number of rotatable bonds is 8. The first-order valence-electron chi connectivity index (χ1n) is 7.14. The fraction of sp³-hybridized carbons (Fsp3) is 0.571. The predicted octanol–water partition coefficient (Wildman–Crippen LogP) is 3.31. The van der Waals surface area contributed by atoms with Crippen LogP contribution in [-0.2, 0) is 19.3 Å². The Hall–Kier alpha value is -0.603. The maximum Gasteiger partial charge on any atom is 0.505 e. The lowest BCUT2D eigenvalue weighted by molar-refractivity contribution is 0.0703. The van der Waals surface area contributed by atoms with Crippen LogP contribution in [0.1, 0.15) is 26.3 Å². The molecule has 0 fully saturated rings. The zero-order valence-electron chi connectivity index (χ0n) is 12.6. The SMILES string of the molecule is CCO[Si](Cc1cc2c(cc1Br)OCO2)(OCC)OCC. The summed E-state index contributed by atoms with van der Waals surface area (Å²) in [5, 5.41) is 0. The summed E-state index contributed by atoms with van der Waals surface area (Å²) >= 11 is 3.58. The van der Waals surface area contributed by atoms with Gasteiger partial charge < -0.3 is 22.8 Å². The summed E-state index contributed by atoms with van der Waals surface area (Å²) in [6.45, 7) is 7.81. The summed E-state index contributed by atoms with van der Waals surface area (Å²) in [4.78, 5) is 0. The largest absolute Gasteiger partial charge is 0.505 e. The van der Waals surface area contributed by atoms with Crippen molar-refractivity contribution in [1.29, 1.82) is 0 Å². The van der Waals surface area contributed by atoms with E-state index in [-0.39, 0.29) is 6.79 Å². The van der Waals surface area contributed by atoms with Crippen LogP contribution in [0.25, 0.3) is 0 Å². The normalized spacial score (nSPS) is 13.7. The van der Waals surface area contributed by atoms with Crippen LogP contribution in [0.4, 0.5) is 0 Å². The highest BCUT2D eigenvalue weighted by Crippen LogP contribution is 2.38. The molecule has 1 aromatic rings. The third kappa shape index (κ3) is 3.98. The third-order valence-electron chi connectivity index (χ3n) is 3.04. The van der Waals surface area contributed by atoms with Crippen molar-refractivity contribution in [2.45, 2.75) is 26.8 Å². The van der Waals surface area contributed by atoms with Gasteiger partial charge in [0.25, 0.3) is 0 Å². The molecule has 7 heteroatoms. The van der Waals surface area contributed by atoms with E-state index in [1.54, 1.807) is 0 Å². The lowest BCUT2D eigenvalue weighted by atomic mass is 10.2. The standard InChI is InChI=1S/C14H21BrO5Si/c1-4-18-21(19-5-2,20-6-3)9-11-7-13-14(8-12(11)15)17-10-16-13/h7-8H,4-6,9-10H2,1-3H3. The molecule has 0 saturated heterocycles. The van der Waals surface area contributed by atoms with Gasteiger partial charge in [0, 0.05) is 30.3 Å². The first-order chi connectivity index (χ1) is 10.1. The Kier molecular flexibility index (Phi) is 6.06. The second-order valence-corrected chi connectivity index (χ2v) is 7.90. The van der Waals surface area contributed by atoms with E-state index in [1.807, 2.05) is 32.9 Å². The highest BCUT2D eigenvalue weighted by Gasteiger charge is 2.41. The lowest BCUT2D eigenvalue weighted by Crippen LogP contribution is -2.48. The maximum atomic E-state index is 5.89. The molecule has 0 aliphatic carbocycles. The van der Waals surface area contributed by atoms with Crippen LogP contribution in [-0.4, -0.2) is 35.4 Å². The molecule has 1 aliphatic heterocycles. The van der Waals surface area contributed by atoms with Crippen LogP contribution in [0.3, 0.4) is 0 Å². The van der Waals surface area contributed by atoms with Gasteiger partial charge in [0.05, 0.1) is 0 Å². The van der Waals surface area contributed by atoms with Gasteiger partial charge in [-0.25, -0.2) is 0 Å². The molecule has 0 spiro atoms. The molecule has 118 valence electrons. The van der Waals surface area contributed by atoms with Crippen LogP contribution in [0.15, 0.2) is 16.6 Å². The smallest absolute Gasteiger partial charge is 0.454 e. The number of hydrogen-bond acceptors (Lipinski definition) is 5. The van der Waals surface area contributed by atoms with Crippen molar-refractivity contribution in [3.63, 3.8) is 0 Å². The number of fused-ring (bicyclic) bond motifs is 1. The van der Waals surface area contributed by atoms with E-state index < -0.39 is 8.80 Å². The van der Waals surface area contributed by atoms with Crippen molar-refractivity contribution in [1.82, 2.24) is 0 Å². The fourth-order valence-corrected chi connectivity index (χ4v) is 5.62. The molecule has 0 N–H and O–H groups in total. The van der Waals surface area contributed by atoms with Gasteiger partial charge in [0.15, 0.2) is 11.5 Å². The van der Waals surface area contributed by atoms with Gasteiger partial charge in [-0.2, -0.15) is 0 Å². The Morgan fingerprint density at radius 3 is 2.05 bits per heavy atom. The van der Waals surface area contributed by atoms with Crippen molar-refractivity contribution < 1.29 is 22.8 Å². The van der Waals surface area contributed by atoms with E-state index in [4.69, 9.17) is 22.8 Å². The lowest BCUT2D eigenvalue weighted by Gasteiger charge is -2.28. The van der Waals surface area contributed by atoms with Gasteiger partial charge in [0.1, 0.15) is 0 Å². The van der Waals surface area contributed by atoms with E-state index in [0.29, 0.717) is 25.9 Å². The molecular weight excluding hydrogens is 356 g/mol. The highest BCUT2D eigenvalue weighted by atomic mass is 79.9. The summed E-state index contributed by atoms with van der Waals surface area (Å²) in [6.07, 6.45) is 0. The molecule has 1 aromatic carbocycles. The minimum Gasteiger partial charge on any atom is -0.454 e. The van der Waals surface area contributed by atoms with Gasteiger partial charge in [-0.15, -0.1) is 0 Å². The van der Waals surface area contributed by atoms with Gasteiger partial charge in [0.2, 0.25) is 6.79 Å². The zero-order valence-corrected chi connectivity index (χ0v) is 15.2. The molecule has 21 heavy (non-hydrogen) atoms. The zero-order chi connectivity index (χ0) is 15.3. The Balaban J connectivity index is 2.26. The van der Waals surface area contributed by atoms with E-state index in [0.717, 1.165) is 21.5 Å². The number of ether oxygens (including phenoxy) is 2. The highest BCUT2D eigenvalue weighted by molar-refractivity contribution is 9.10. The Bertz CT molecular complexity index is 466. The first-order valence-corrected chi connectivity index (χ1v) is 9.86. The molecule has 0 unspecified atom stereocenters. The van der Waals surface area contributed by atoms with Crippen LogP contribution >= 0.6 is 15.9 Å². The second kappa shape index (κ2) is 7.60. The van der Waals surface area contributed by atoms with Crippen LogP contribution < -0.4 is 9.47 Å². The number of hydrogen-bond donors (Lipinski definition) is 0. The molecular formula is C14H21BrO5Si. The van der Waals surface area contributed by atoms with Crippen LogP contribution in [0, 0.1) is 0 Å². The van der Waals surface area contributed by atoms with Gasteiger partial charge in [-0.05, 0) is 38.5 Å². The minimum atomic E-state index is -2.73. The topological polar surface area (TPSA) is 46.2 Å². The molecule has 2 rings (SSSR count). The summed E-state index contributed by atoms with van der Waals surface area (Å²) in [6, 6.07) is 4.48. The quantitative estimate of drug-likeness (QED) is 0.651. The van der Waals surface area contributed by atoms with Gasteiger partial charge in [-0.1, -0.05) is 15.9 Å². The monoisotopic (exact) mass is 376 g/mol. The summed E-state index contributed by atoms with van der Waals surface area (Å²) in [5.41, 5.74) is 1.04. The van der Waals surface area contributed by atoms with Crippen LogP contribution in [0.5, 0.6) is 11.5 Å². The summed E-state index contributed by atoms with van der Waals surface area (Å²) in [5.74, 6) is 1.50.